The van der Waals surface area contributed by atoms with Crippen molar-refractivity contribution in [3.05, 3.63) is 34.1 Å². The highest BCUT2D eigenvalue weighted by molar-refractivity contribution is 9.10. The number of nitrogens with one attached hydrogen (secondary N) is 2. The van der Waals surface area contributed by atoms with Gasteiger partial charge >= 0.3 is 0 Å². The normalized spacial score (nSPS) is 18.4. The summed E-state index contributed by atoms with van der Waals surface area (Å²) in [5.74, 6) is -0.635. The highest BCUT2D eigenvalue weighted by Crippen LogP contribution is 2.21. The zero-order valence-corrected chi connectivity index (χ0v) is 11.8. The van der Waals surface area contributed by atoms with E-state index in [1.165, 1.54) is 12.1 Å². The van der Waals surface area contributed by atoms with Crippen LogP contribution in [0, 0.1) is 5.82 Å². The maximum absolute atomic E-state index is 13.2. The fourth-order valence-corrected chi connectivity index (χ4v) is 2.54. The SMILES string of the molecule is CC1(NC(=O)c2cc(F)ccc2Br)CCNCC1. The molecule has 1 heterocycles. The summed E-state index contributed by atoms with van der Waals surface area (Å²) in [6.45, 7) is 3.81. The standard InChI is InChI=1S/C13H16BrFN2O/c1-13(4-6-16-7-5-13)17-12(18)10-8-9(15)2-3-11(10)14/h2-3,8,16H,4-7H2,1H3,(H,17,18). The molecule has 1 saturated heterocycles. The lowest BCUT2D eigenvalue weighted by Gasteiger charge is -2.35. The van der Waals surface area contributed by atoms with Gasteiger partial charge in [-0.2, -0.15) is 0 Å². The minimum atomic E-state index is -0.404. The van der Waals surface area contributed by atoms with Crippen LogP contribution < -0.4 is 10.6 Å². The first kappa shape index (κ1) is 13.5. The number of hydrogen-bond acceptors (Lipinski definition) is 2. The lowest BCUT2D eigenvalue weighted by Crippen LogP contribution is -2.52. The van der Waals surface area contributed by atoms with Crippen LogP contribution in [0.25, 0.3) is 0 Å². The van der Waals surface area contributed by atoms with Crippen LogP contribution in [0.1, 0.15) is 30.1 Å². The van der Waals surface area contributed by atoms with Crippen LogP contribution in [0.2, 0.25) is 0 Å². The molecule has 1 aromatic carbocycles. The minimum absolute atomic E-state index is 0.214. The van der Waals surface area contributed by atoms with Crippen LogP contribution in [0.5, 0.6) is 0 Å². The highest BCUT2D eigenvalue weighted by atomic mass is 79.9. The Morgan fingerprint density at radius 1 is 1.44 bits per heavy atom. The second-order valence-corrected chi connectivity index (χ2v) is 5.74. The molecular formula is C13H16BrFN2O. The number of carbonyl (C=O) groups excluding carboxylic acids is 1. The fraction of sp³-hybridized carbons (Fsp3) is 0.462. The Bertz CT molecular complexity index is 458. The van der Waals surface area contributed by atoms with Crippen molar-refractivity contribution in [2.24, 2.45) is 0 Å². The maximum Gasteiger partial charge on any atom is 0.252 e. The van der Waals surface area contributed by atoms with Gasteiger partial charge in [-0.05, 0) is 67.0 Å². The number of carbonyl (C=O) groups is 1. The van der Waals surface area contributed by atoms with Crippen LogP contribution in [-0.2, 0) is 0 Å². The van der Waals surface area contributed by atoms with E-state index in [4.69, 9.17) is 0 Å². The van der Waals surface area contributed by atoms with Crippen molar-refractivity contribution in [2.45, 2.75) is 25.3 Å². The molecule has 98 valence electrons. The molecule has 0 bridgehead atoms. The summed E-state index contributed by atoms with van der Waals surface area (Å²) in [4.78, 5) is 12.2. The van der Waals surface area contributed by atoms with Crippen molar-refractivity contribution in [2.75, 3.05) is 13.1 Å². The van der Waals surface area contributed by atoms with Crippen LogP contribution in [0.4, 0.5) is 4.39 Å². The molecule has 0 aromatic heterocycles. The summed E-state index contributed by atoms with van der Waals surface area (Å²) < 4.78 is 13.8. The molecule has 2 N–H and O–H groups in total. The van der Waals surface area contributed by atoms with Gasteiger partial charge in [0.1, 0.15) is 5.82 Å². The summed E-state index contributed by atoms with van der Waals surface area (Å²) in [6, 6.07) is 4.13. The van der Waals surface area contributed by atoms with Crippen LogP contribution in [0.15, 0.2) is 22.7 Å². The summed E-state index contributed by atoms with van der Waals surface area (Å²) in [7, 11) is 0. The van der Waals surface area contributed by atoms with Crippen LogP contribution in [-0.4, -0.2) is 24.5 Å². The van der Waals surface area contributed by atoms with Crippen LogP contribution in [0.3, 0.4) is 0 Å². The summed E-state index contributed by atoms with van der Waals surface area (Å²) in [5, 5.41) is 6.26. The molecule has 3 nitrogen and oxygen atoms in total. The number of rotatable bonds is 2. The van der Waals surface area contributed by atoms with Gasteiger partial charge in [0.15, 0.2) is 0 Å². The molecule has 0 unspecified atom stereocenters. The zero-order chi connectivity index (χ0) is 13.2. The largest absolute Gasteiger partial charge is 0.347 e. The molecule has 1 fully saturated rings. The lowest BCUT2D eigenvalue weighted by atomic mass is 9.90. The third kappa shape index (κ3) is 3.09. The van der Waals surface area contributed by atoms with E-state index in [1.807, 2.05) is 6.92 Å². The molecule has 1 amide bonds. The Labute approximate surface area is 114 Å². The summed E-state index contributed by atoms with van der Waals surface area (Å²) in [6.07, 6.45) is 1.76. The second kappa shape index (κ2) is 5.36. The fourth-order valence-electron chi connectivity index (χ4n) is 2.12. The van der Waals surface area contributed by atoms with E-state index in [2.05, 4.69) is 26.6 Å². The second-order valence-electron chi connectivity index (χ2n) is 4.89. The van der Waals surface area contributed by atoms with E-state index in [1.54, 1.807) is 6.07 Å². The number of halogens is 2. The van der Waals surface area contributed by atoms with Gasteiger partial charge in [-0.15, -0.1) is 0 Å². The maximum atomic E-state index is 13.2. The predicted octanol–water partition coefficient (Wildman–Crippen LogP) is 2.46. The first-order valence-electron chi connectivity index (χ1n) is 5.98. The molecule has 0 spiro atoms. The van der Waals surface area contributed by atoms with Crippen molar-refractivity contribution >= 4 is 21.8 Å². The van der Waals surface area contributed by atoms with E-state index in [0.717, 1.165) is 25.9 Å². The van der Waals surface area contributed by atoms with Crippen molar-refractivity contribution in [3.63, 3.8) is 0 Å². The highest BCUT2D eigenvalue weighted by Gasteiger charge is 2.29. The Hall–Kier alpha value is -0.940. The van der Waals surface area contributed by atoms with Crippen molar-refractivity contribution in [1.29, 1.82) is 0 Å². The molecule has 0 saturated carbocycles. The minimum Gasteiger partial charge on any atom is -0.347 e. The van der Waals surface area contributed by atoms with Crippen molar-refractivity contribution in [3.8, 4) is 0 Å². The average Bonchev–Trinajstić information content (AvgIpc) is 2.32. The van der Waals surface area contributed by atoms with E-state index < -0.39 is 5.82 Å². The van der Waals surface area contributed by atoms with Gasteiger partial charge in [0, 0.05) is 10.0 Å². The number of piperidine rings is 1. The molecule has 1 aliphatic heterocycles. The summed E-state index contributed by atoms with van der Waals surface area (Å²) >= 11 is 3.27. The molecule has 18 heavy (non-hydrogen) atoms. The molecular weight excluding hydrogens is 299 g/mol. The Kier molecular flexibility index (Phi) is 4.02. The molecule has 1 aromatic rings. The zero-order valence-electron chi connectivity index (χ0n) is 10.2. The number of hydrogen-bond donors (Lipinski definition) is 2. The van der Waals surface area contributed by atoms with Gasteiger partial charge in [-0.3, -0.25) is 4.79 Å². The van der Waals surface area contributed by atoms with E-state index in [0.29, 0.717) is 10.0 Å². The molecule has 2 rings (SSSR count). The van der Waals surface area contributed by atoms with Crippen LogP contribution >= 0.6 is 15.9 Å². The quantitative estimate of drug-likeness (QED) is 0.880. The molecule has 0 aliphatic carbocycles. The molecule has 0 radical (unpaired) electrons. The van der Waals surface area contributed by atoms with E-state index in [-0.39, 0.29) is 11.4 Å². The topological polar surface area (TPSA) is 41.1 Å². The number of amides is 1. The van der Waals surface area contributed by atoms with Gasteiger partial charge in [0.05, 0.1) is 5.56 Å². The smallest absolute Gasteiger partial charge is 0.252 e. The van der Waals surface area contributed by atoms with Crippen molar-refractivity contribution in [1.82, 2.24) is 10.6 Å². The predicted molar refractivity (Wildman–Crippen MR) is 72.1 cm³/mol. The van der Waals surface area contributed by atoms with Gasteiger partial charge in [-0.25, -0.2) is 4.39 Å². The van der Waals surface area contributed by atoms with Gasteiger partial charge in [0.25, 0.3) is 5.91 Å². The Balaban J connectivity index is 2.14. The Morgan fingerprint density at radius 2 is 2.11 bits per heavy atom. The average molecular weight is 315 g/mol. The Morgan fingerprint density at radius 3 is 2.78 bits per heavy atom. The monoisotopic (exact) mass is 314 g/mol. The first-order chi connectivity index (χ1) is 8.50. The third-order valence-corrected chi connectivity index (χ3v) is 3.99. The van der Waals surface area contributed by atoms with Crippen molar-refractivity contribution < 1.29 is 9.18 Å². The molecule has 0 atom stereocenters. The summed E-state index contributed by atoms with van der Waals surface area (Å²) in [5.41, 5.74) is 0.128. The van der Waals surface area contributed by atoms with Gasteiger partial charge in [-0.1, -0.05) is 0 Å². The lowest BCUT2D eigenvalue weighted by molar-refractivity contribution is 0.0886. The number of benzene rings is 1. The van der Waals surface area contributed by atoms with E-state index in [9.17, 15) is 9.18 Å². The van der Waals surface area contributed by atoms with Gasteiger partial charge < -0.3 is 10.6 Å². The molecule has 5 heteroatoms. The van der Waals surface area contributed by atoms with E-state index >= 15 is 0 Å². The third-order valence-electron chi connectivity index (χ3n) is 3.30. The first-order valence-corrected chi connectivity index (χ1v) is 6.78. The van der Waals surface area contributed by atoms with Gasteiger partial charge in [0.2, 0.25) is 0 Å². The molecule has 1 aliphatic rings.